The molecule has 25 heavy (non-hydrogen) atoms. The molecule has 0 aliphatic rings. The Labute approximate surface area is 144 Å². The van der Waals surface area contributed by atoms with E-state index < -0.39 is 0 Å². The molecule has 0 unspecified atom stereocenters. The van der Waals surface area contributed by atoms with Gasteiger partial charge in [-0.05, 0) is 23.8 Å². The molecular weight excluding hydrogens is 323 g/mol. The second-order valence-corrected chi connectivity index (χ2v) is 5.42. The van der Waals surface area contributed by atoms with Crippen molar-refractivity contribution in [3.8, 4) is 5.75 Å². The van der Waals surface area contributed by atoms with Gasteiger partial charge in [-0.15, -0.1) is 5.10 Å². The first-order valence-corrected chi connectivity index (χ1v) is 7.70. The number of carbonyl (C=O) groups excluding carboxylic acids is 1. The minimum absolute atomic E-state index is 0.219. The maximum atomic E-state index is 12.9. The van der Waals surface area contributed by atoms with Crippen molar-refractivity contribution in [2.45, 2.75) is 13.1 Å². The van der Waals surface area contributed by atoms with Crippen LogP contribution in [0.2, 0.25) is 0 Å². The number of aromatic nitrogens is 3. The smallest absolute Gasteiger partial charge is 0.273 e. The summed E-state index contributed by atoms with van der Waals surface area (Å²) in [7, 11) is 1.59. The first-order valence-electron chi connectivity index (χ1n) is 7.70. The summed E-state index contributed by atoms with van der Waals surface area (Å²) in [6, 6.07) is 13.6. The van der Waals surface area contributed by atoms with Gasteiger partial charge in [0.2, 0.25) is 0 Å². The normalized spacial score (nSPS) is 10.5. The van der Waals surface area contributed by atoms with Crippen molar-refractivity contribution in [2.24, 2.45) is 0 Å². The van der Waals surface area contributed by atoms with E-state index in [1.807, 2.05) is 24.3 Å². The Hall–Kier alpha value is -3.22. The molecule has 6 nitrogen and oxygen atoms in total. The predicted octanol–water partition coefficient (Wildman–Crippen LogP) is 2.40. The van der Waals surface area contributed by atoms with Gasteiger partial charge < -0.3 is 10.1 Å². The van der Waals surface area contributed by atoms with Gasteiger partial charge in [-0.3, -0.25) is 4.79 Å². The molecule has 0 saturated carbocycles. The molecule has 0 saturated heterocycles. The van der Waals surface area contributed by atoms with Crippen LogP contribution in [-0.4, -0.2) is 28.0 Å². The van der Waals surface area contributed by atoms with Gasteiger partial charge >= 0.3 is 0 Å². The molecule has 3 aromatic rings. The van der Waals surface area contributed by atoms with Gasteiger partial charge in [0.1, 0.15) is 11.6 Å². The zero-order valence-electron chi connectivity index (χ0n) is 13.6. The molecule has 0 fully saturated rings. The average Bonchev–Trinajstić information content (AvgIpc) is 3.10. The van der Waals surface area contributed by atoms with Gasteiger partial charge in [0.05, 0.1) is 19.9 Å². The highest BCUT2D eigenvalue weighted by Crippen LogP contribution is 2.16. The van der Waals surface area contributed by atoms with Crippen molar-refractivity contribution in [3.05, 3.63) is 77.4 Å². The second kappa shape index (κ2) is 7.57. The molecule has 0 aliphatic heterocycles. The van der Waals surface area contributed by atoms with Gasteiger partial charge in [0.25, 0.3) is 5.91 Å². The van der Waals surface area contributed by atoms with E-state index in [0.717, 1.165) is 11.1 Å². The van der Waals surface area contributed by atoms with E-state index in [1.165, 1.54) is 16.8 Å². The standard InChI is InChI=1S/C18H17FN4O2/c1-25-17-5-3-2-4-14(17)10-20-18(24)16-12-23(22-21-16)11-13-6-8-15(19)9-7-13/h2-9,12H,10-11H2,1H3,(H,20,24). The maximum Gasteiger partial charge on any atom is 0.273 e. The molecule has 0 atom stereocenters. The molecule has 3 rings (SSSR count). The molecule has 0 aliphatic carbocycles. The van der Waals surface area contributed by atoms with Crippen LogP contribution in [0.3, 0.4) is 0 Å². The lowest BCUT2D eigenvalue weighted by Crippen LogP contribution is -2.23. The average molecular weight is 340 g/mol. The number of ether oxygens (including phenoxy) is 1. The van der Waals surface area contributed by atoms with E-state index in [4.69, 9.17) is 4.74 Å². The number of nitrogens with one attached hydrogen (secondary N) is 1. The molecule has 7 heteroatoms. The van der Waals surface area contributed by atoms with Crippen molar-refractivity contribution in [2.75, 3.05) is 7.11 Å². The Morgan fingerprint density at radius 2 is 1.96 bits per heavy atom. The Balaban J connectivity index is 1.61. The minimum Gasteiger partial charge on any atom is -0.496 e. The van der Waals surface area contributed by atoms with Crippen molar-refractivity contribution < 1.29 is 13.9 Å². The molecule has 0 spiro atoms. The fraction of sp³-hybridized carbons (Fsp3) is 0.167. The topological polar surface area (TPSA) is 69.0 Å². The Morgan fingerprint density at radius 3 is 2.72 bits per heavy atom. The predicted molar refractivity (Wildman–Crippen MR) is 89.7 cm³/mol. The van der Waals surface area contributed by atoms with Gasteiger partial charge in [-0.25, -0.2) is 9.07 Å². The van der Waals surface area contributed by atoms with E-state index in [0.29, 0.717) is 18.8 Å². The highest BCUT2D eigenvalue weighted by atomic mass is 19.1. The van der Waals surface area contributed by atoms with Gasteiger partial charge in [-0.2, -0.15) is 0 Å². The molecule has 1 aromatic heterocycles. The minimum atomic E-state index is -0.323. The van der Waals surface area contributed by atoms with Crippen LogP contribution in [0.15, 0.2) is 54.7 Å². The molecule has 0 bridgehead atoms. The first kappa shape index (κ1) is 16.6. The number of para-hydroxylation sites is 1. The first-order chi connectivity index (χ1) is 12.2. The fourth-order valence-corrected chi connectivity index (χ4v) is 2.37. The van der Waals surface area contributed by atoms with E-state index >= 15 is 0 Å². The monoisotopic (exact) mass is 340 g/mol. The summed E-state index contributed by atoms with van der Waals surface area (Å²) in [5.74, 6) is 0.0952. The molecule has 128 valence electrons. The zero-order valence-corrected chi connectivity index (χ0v) is 13.6. The summed E-state index contributed by atoms with van der Waals surface area (Å²) >= 11 is 0. The number of benzene rings is 2. The number of carbonyl (C=O) groups is 1. The highest BCUT2D eigenvalue weighted by molar-refractivity contribution is 5.91. The van der Waals surface area contributed by atoms with Crippen LogP contribution in [-0.2, 0) is 13.1 Å². The van der Waals surface area contributed by atoms with Crippen LogP contribution in [0, 0.1) is 5.82 Å². The third kappa shape index (κ3) is 4.20. The second-order valence-electron chi connectivity index (χ2n) is 5.42. The fourth-order valence-electron chi connectivity index (χ4n) is 2.37. The SMILES string of the molecule is COc1ccccc1CNC(=O)c1cn(Cc2ccc(F)cc2)nn1. The molecule has 1 amide bonds. The van der Waals surface area contributed by atoms with Gasteiger partial charge in [0, 0.05) is 12.1 Å². The number of amides is 1. The third-order valence-corrected chi connectivity index (χ3v) is 3.66. The Kier molecular flexibility index (Phi) is 5.03. The lowest BCUT2D eigenvalue weighted by molar-refractivity contribution is 0.0945. The third-order valence-electron chi connectivity index (χ3n) is 3.66. The molecular formula is C18H17FN4O2. The van der Waals surface area contributed by atoms with Crippen molar-refractivity contribution in [1.82, 2.24) is 20.3 Å². The summed E-state index contributed by atoms with van der Waals surface area (Å²) in [5.41, 5.74) is 1.96. The van der Waals surface area contributed by atoms with Crippen LogP contribution >= 0.6 is 0 Å². The molecule has 1 N–H and O–H groups in total. The van der Waals surface area contributed by atoms with Crippen molar-refractivity contribution in [3.63, 3.8) is 0 Å². The summed E-state index contributed by atoms with van der Waals surface area (Å²) in [4.78, 5) is 12.2. The van der Waals surface area contributed by atoms with Gasteiger partial charge in [-0.1, -0.05) is 35.5 Å². The van der Waals surface area contributed by atoms with E-state index in [9.17, 15) is 9.18 Å². The van der Waals surface area contributed by atoms with Crippen LogP contribution in [0.1, 0.15) is 21.6 Å². The quantitative estimate of drug-likeness (QED) is 0.748. The number of nitrogens with zero attached hydrogens (tertiary/aromatic N) is 3. The number of halogens is 1. The Morgan fingerprint density at radius 1 is 1.20 bits per heavy atom. The Bertz CT molecular complexity index is 862. The zero-order chi connectivity index (χ0) is 17.6. The molecule has 0 radical (unpaired) electrons. The van der Waals surface area contributed by atoms with E-state index in [-0.39, 0.29) is 17.4 Å². The van der Waals surface area contributed by atoms with Crippen LogP contribution < -0.4 is 10.1 Å². The van der Waals surface area contributed by atoms with E-state index in [1.54, 1.807) is 25.4 Å². The number of rotatable bonds is 6. The maximum absolute atomic E-state index is 12.9. The van der Waals surface area contributed by atoms with Crippen LogP contribution in [0.25, 0.3) is 0 Å². The summed E-state index contributed by atoms with van der Waals surface area (Å²) in [6.07, 6.45) is 1.56. The largest absolute Gasteiger partial charge is 0.496 e. The summed E-state index contributed by atoms with van der Waals surface area (Å²) in [5, 5.41) is 10.6. The summed E-state index contributed by atoms with van der Waals surface area (Å²) in [6.45, 7) is 0.737. The van der Waals surface area contributed by atoms with Gasteiger partial charge in [0.15, 0.2) is 5.69 Å². The van der Waals surface area contributed by atoms with Crippen molar-refractivity contribution in [1.29, 1.82) is 0 Å². The number of hydrogen-bond donors (Lipinski definition) is 1. The molecule has 2 aromatic carbocycles. The van der Waals surface area contributed by atoms with Crippen LogP contribution in [0.4, 0.5) is 4.39 Å². The molecule has 1 heterocycles. The number of hydrogen-bond acceptors (Lipinski definition) is 4. The van der Waals surface area contributed by atoms with E-state index in [2.05, 4.69) is 15.6 Å². The lowest BCUT2D eigenvalue weighted by Gasteiger charge is -2.08. The lowest BCUT2D eigenvalue weighted by atomic mass is 10.2. The highest BCUT2D eigenvalue weighted by Gasteiger charge is 2.12. The van der Waals surface area contributed by atoms with Crippen molar-refractivity contribution >= 4 is 5.91 Å². The number of methoxy groups -OCH3 is 1. The summed E-state index contributed by atoms with van der Waals surface area (Å²) < 4.78 is 19.7. The van der Waals surface area contributed by atoms with Crippen LogP contribution in [0.5, 0.6) is 5.75 Å².